The lowest BCUT2D eigenvalue weighted by molar-refractivity contribution is 0.253. The maximum absolute atomic E-state index is 5.52. The minimum atomic E-state index is 0.0179. The van der Waals surface area contributed by atoms with Crippen LogP contribution in [0.4, 0.5) is 5.82 Å². The van der Waals surface area contributed by atoms with Crippen molar-refractivity contribution in [2.75, 3.05) is 31.1 Å². The van der Waals surface area contributed by atoms with Gasteiger partial charge < -0.3 is 9.32 Å². The van der Waals surface area contributed by atoms with Gasteiger partial charge in [0.1, 0.15) is 5.82 Å². The van der Waals surface area contributed by atoms with Crippen LogP contribution in [0.1, 0.15) is 44.7 Å². The Hall–Kier alpha value is -2.48. The van der Waals surface area contributed by atoms with Crippen LogP contribution >= 0.6 is 0 Å². The number of nitrogens with zero attached hydrogens (tertiary/aromatic N) is 7. The lowest BCUT2D eigenvalue weighted by Gasteiger charge is -2.22. The third-order valence-corrected chi connectivity index (χ3v) is 4.91. The Labute approximate surface area is 159 Å². The van der Waals surface area contributed by atoms with Gasteiger partial charge in [0.15, 0.2) is 5.65 Å². The van der Waals surface area contributed by atoms with E-state index < -0.39 is 0 Å². The molecule has 0 unspecified atom stereocenters. The minimum absolute atomic E-state index is 0.0179. The highest BCUT2D eigenvalue weighted by molar-refractivity contribution is 5.47. The first-order valence-corrected chi connectivity index (χ1v) is 9.52. The molecule has 1 saturated heterocycles. The van der Waals surface area contributed by atoms with Crippen molar-refractivity contribution in [3.63, 3.8) is 0 Å². The Balaban J connectivity index is 1.47. The van der Waals surface area contributed by atoms with Crippen LogP contribution in [0.15, 0.2) is 22.7 Å². The molecule has 0 saturated carbocycles. The van der Waals surface area contributed by atoms with Crippen LogP contribution in [0.5, 0.6) is 0 Å². The van der Waals surface area contributed by atoms with Gasteiger partial charge >= 0.3 is 0 Å². The van der Waals surface area contributed by atoms with E-state index in [4.69, 9.17) is 14.5 Å². The van der Waals surface area contributed by atoms with Crippen LogP contribution in [0.25, 0.3) is 5.65 Å². The maximum Gasteiger partial charge on any atom is 0.230 e. The zero-order valence-corrected chi connectivity index (χ0v) is 16.5. The second-order valence-electron chi connectivity index (χ2n) is 8.20. The van der Waals surface area contributed by atoms with E-state index in [1.54, 1.807) is 0 Å². The third-order valence-electron chi connectivity index (χ3n) is 4.91. The number of fused-ring (bicyclic) bond motifs is 1. The lowest BCUT2D eigenvalue weighted by atomic mass is 9.93. The molecule has 0 aliphatic carbocycles. The molecule has 0 aromatic carbocycles. The zero-order chi connectivity index (χ0) is 19.0. The molecular weight excluding hydrogens is 342 g/mol. The summed E-state index contributed by atoms with van der Waals surface area (Å²) in [5.41, 5.74) is 1.97. The Morgan fingerprint density at radius 3 is 2.67 bits per heavy atom. The van der Waals surface area contributed by atoms with Crippen molar-refractivity contribution in [3.05, 3.63) is 35.8 Å². The first-order chi connectivity index (χ1) is 12.9. The zero-order valence-electron chi connectivity index (χ0n) is 16.5. The van der Waals surface area contributed by atoms with Crippen LogP contribution in [0.3, 0.4) is 0 Å². The van der Waals surface area contributed by atoms with Crippen LogP contribution in [0.2, 0.25) is 0 Å². The third kappa shape index (κ3) is 3.95. The number of hydrogen-bond donors (Lipinski definition) is 0. The number of rotatable bonds is 3. The fourth-order valence-corrected chi connectivity index (χ4v) is 3.35. The van der Waals surface area contributed by atoms with E-state index in [0.717, 1.165) is 49.8 Å². The van der Waals surface area contributed by atoms with Crippen LogP contribution in [-0.4, -0.2) is 55.9 Å². The molecule has 8 nitrogen and oxygen atoms in total. The SMILES string of the molecule is Cc1nnc(CN2CCCN(c3ccc4nc(C(C)(C)C)cn4n3)CC2)o1. The monoisotopic (exact) mass is 369 g/mol. The Kier molecular flexibility index (Phi) is 4.59. The van der Waals surface area contributed by atoms with Gasteiger partial charge in [0.2, 0.25) is 11.8 Å². The van der Waals surface area contributed by atoms with Gasteiger partial charge in [0.05, 0.1) is 18.4 Å². The number of anilines is 1. The van der Waals surface area contributed by atoms with Gasteiger partial charge in [-0.3, -0.25) is 4.90 Å². The predicted molar refractivity (Wildman–Crippen MR) is 103 cm³/mol. The van der Waals surface area contributed by atoms with Gasteiger partial charge in [0.25, 0.3) is 0 Å². The highest BCUT2D eigenvalue weighted by Crippen LogP contribution is 2.22. The molecule has 4 heterocycles. The quantitative estimate of drug-likeness (QED) is 0.702. The summed E-state index contributed by atoms with van der Waals surface area (Å²) < 4.78 is 7.42. The van der Waals surface area contributed by atoms with E-state index in [-0.39, 0.29) is 5.41 Å². The van der Waals surface area contributed by atoms with E-state index in [1.165, 1.54) is 0 Å². The van der Waals surface area contributed by atoms with Crippen molar-refractivity contribution in [1.29, 1.82) is 0 Å². The van der Waals surface area contributed by atoms with E-state index in [1.807, 2.05) is 17.6 Å². The molecule has 3 aromatic rings. The standard InChI is InChI=1S/C19H27N7O/c1-14-21-22-18(27-14)13-24-8-5-9-25(11-10-24)17-7-6-16-20-15(19(2,3)4)12-26(16)23-17/h6-7,12H,5,8-11,13H2,1-4H3. The second kappa shape index (κ2) is 6.92. The normalized spacial score (nSPS) is 16.8. The van der Waals surface area contributed by atoms with Gasteiger partial charge in [-0.1, -0.05) is 20.8 Å². The Bertz CT molecular complexity index is 924. The molecule has 3 aromatic heterocycles. The maximum atomic E-state index is 5.52. The van der Waals surface area contributed by atoms with E-state index in [9.17, 15) is 0 Å². The fourth-order valence-electron chi connectivity index (χ4n) is 3.35. The van der Waals surface area contributed by atoms with Gasteiger partial charge in [-0.25, -0.2) is 9.50 Å². The molecular formula is C19H27N7O. The number of aryl methyl sites for hydroxylation is 1. The molecule has 8 heteroatoms. The summed E-state index contributed by atoms with van der Waals surface area (Å²) in [4.78, 5) is 9.40. The summed E-state index contributed by atoms with van der Waals surface area (Å²) in [6.07, 6.45) is 3.12. The lowest BCUT2D eigenvalue weighted by Crippen LogP contribution is -2.31. The molecule has 1 aliphatic rings. The molecule has 0 bridgehead atoms. The van der Waals surface area contributed by atoms with Crippen molar-refractivity contribution in [2.45, 2.75) is 46.1 Å². The number of imidazole rings is 1. The van der Waals surface area contributed by atoms with Gasteiger partial charge in [0, 0.05) is 38.5 Å². The Morgan fingerprint density at radius 2 is 1.93 bits per heavy atom. The summed E-state index contributed by atoms with van der Waals surface area (Å²) >= 11 is 0. The molecule has 4 rings (SSSR count). The Morgan fingerprint density at radius 1 is 1.07 bits per heavy atom. The summed E-state index contributed by atoms with van der Waals surface area (Å²) in [6.45, 7) is 12.9. The minimum Gasteiger partial charge on any atom is -0.424 e. The second-order valence-corrected chi connectivity index (χ2v) is 8.20. The van der Waals surface area contributed by atoms with Gasteiger partial charge in [-0.2, -0.15) is 0 Å². The van der Waals surface area contributed by atoms with Crippen LogP contribution in [0, 0.1) is 6.92 Å². The van der Waals surface area contributed by atoms with Crippen LogP contribution < -0.4 is 4.90 Å². The molecule has 27 heavy (non-hydrogen) atoms. The predicted octanol–water partition coefficient (Wildman–Crippen LogP) is 2.43. The summed E-state index contributed by atoms with van der Waals surface area (Å²) in [5, 5.41) is 12.8. The van der Waals surface area contributed by atoms with Crippen molar-refractivity contribution >= 4 is 11.5 Å². The smallest absolute Gasteiger partial charge is 0.230 e. The first kappa shape index (κ1) is 17.9. The summed E-state index contributed by atoms with van der Waals surface area (Å²) in [5.74, 6) is 2.30. The van der Waals surface area contributed by atoms with E-state index >= 15 is 0 Å². The molecule has 1 aliphatic heterocycles. The van der Waals surface area contributed by atoms with Crippen molar-refractivity contribution in [1.82, 2.24) is 29.7 Å². The average molecular weight is 369 g/mol. The van der Waals surface area contributed by atoms with E-state index in [2.05, 4.69) is 52.9 Å². The topological polar surface area (TPSA) is 75.6 Å². The first-order valence-electron chi connectivity index (χ1n) is 9.52. The van der Waals surface area contributed by atoms with Crippen molar-refractivity contribution < 1.29 is 4.42 Å². The van der Waals surface area contributed by atoms with Gasteiger partial charge in [-0.15, -0.1) is 15.3 Å². The highest BCUT2D eigenvalue weighted by Gasteiger charge is 2.20. The number of hydrogen-bond acceptors (Lipinski definition) is 7. The average Bonchev–Trinajstić information content (AvgIpc) is 3.15. The summed E-state index contributed by atoms with van der Waals surface area (Å²) in [7, 11) is 0. The fraction of sp³-hybridized carbons (Fsp3) is 0.579. The number of aromatic nitrogens is 5. The van der Waals surface area contributed by atoms with Crippen LogP contribution in [-0.2, 0) is 12.0 Å². The summed E-state index contributed by atoms with van der Waals surface area (Å²) in [6, 6.07) is 4.13. The molecule has 0 radical (unpaired) electrons. The molecule has 0 spiro atoms. The van der Waals surface area contributed by atoms with Gasteiger partial charge in [-0.05, 0) is 18.6 Å². The molecule has 0 atom stereocenters. The van der Waals surface area contributed by atoms with Crippen molar-refractivity contribution in [3.8, 4) is 0 Å². The molecule has 0 amide bonds. The van der Waals surface area contributed by atoms with Crippen molar-refractivity contribution in [2.24, 2.45) is 0 Å². The van der Waals surface area contributed by atoms with E-state index in [0.29, 0.717) is 18.3 Å². The molecule has 0 N–H and O–H groups in total. The largest absolute Gasteiger partial charge is 0.424 e. The highest BCUT2D eigenvalue weighted by atomic mass is 16.4. The molecule has 1 fully saturated rings. The molecule has 144 valence electrons.